The van der Waals surface area contributed by atoms with Crippen LogP contribution < -0.4 is 16.9 Å². The lowest BCUT2D eigenvalue weighted by molar-refractivity contribution is 0.0765. The number of hydrogen-bond acceptors (Lipinski definition) is 8. The molecule has 0 radical (unpaired) electrons. The molecule has 0 aromatic heterocycles. The van der Waals surface area contributed by atoms with Gasteiger partial charge in [0.15, 0.2) is 0 Å². The maximum absolute atomic E-state index is 12.6. The molecular formula is C48H64BBrN6O4. The summed E-state index contributed by atoms with van der Waals surface area (Å²) < 4.78 is 1.20. The molecular weight excluding hydrogens is 815 g/mol. The molecule has 2 saturated heterocycles. The molecule has 0 saturated carbocycles. The Balaban J connectivity index is 0.000000220. The van der Waals surface area contributed by atoms with E-state index in [-0.39, 0.29) is 11.8 Å². The van der Waals surface area contributed by atoms with Gasteiger partial charge in [0, 0.05) is 79.3 Å². The van der Waals surface area contributed by atoms with Crippen molar-refractivity contribution in [2.75, 3.05) is 77.9 Å². The van der Waals surface area contributed by atoms with Crippen molar-refractivity contribution in [1.82, 2.24) is 19.6 Å². The molecule has 6 rings (SSSR count). The van der Waals surface area contributed by atoms with Crippen LogP contribution in [0.2, 0.25) is 0 Å². The van der Waals surface area contributed by atoms with Crippen molar-refractivity contribution in [3.63, 3.8) is 0 Å². The zero-order chi connectivity index (χ0) is 43.8. The molecule has 0 bridgehead atoms. The first-order valence-corrected chi connectivity index (χ1v) is 21.9. The van der Waals surface area contributed by atoms with Gasteiger partial charge in [0.25, 0.3) is 11.8 Å². The topological polar surface area (TPSA) is 140 Å². The van der Waals surface area contributed by atoms with E-state index >= 15 is 0 Å². The Kier molecular flexibility index (Phi) is 19.1. The SMILES string of the molecule is CCN(CC)C(=O)c1ccc(C(=C2CCN(C)CC2)c2cccc(N)c2)cc1.CCN(CC)C(=O)c1ccc(C(Br)=C2CCN(C)CC2)cc1.Nc1cccc(B(O)O)c1. The van der Waals surface area contributed by atoms with Crippen LogP contribution >= 0.6 is 15.9 Å². The summed E-state index contributed by atoms with van der Waals surface area (Å²) in [6, 6.07) is 30.6. The minimum absolute atomic E-state index is 0.0917. The van der Waals surface area contributed by atoms with Gasteiger partial charge in [-0.15, -0.1) is 0 Å². The van der Waals surface area contributed by atoms with Gasteiger partial charge in [0.2, 0.25) is 0 Å². The quantitative estimate of drug-likeness (QED) is 0.0968. The van der Waals surface area contributed by atoms with Crippen molar-refractivity contribution < 1.29 is 19.6 Å². The Morgan fingerprint density at radius 2 is 0.983 bits per heavy atom. The van der Waals surface area contributed by atoms with Gasteiger partial charge in [-0.2, -0.15) is 0 Å². The standard InChI is InChI=1S/C24H31N3O.C18H25BrN2O.C6H8BNO2/c1-4-27(5-2)24(28)20-11-9-18(10-12-20)23(19-13-15-26(3)16-14-19)21-7-6-8-22(25)17-21;1-4-21(5-2)18(22)16-8-6-14(7-9-16)17(19)15-10-12-20(3)13-11-15;8-6-3-1-2-5(4-6)7(9)10/h6-12,17H,4-5,13-16,25H2,1-3H3;6-9H,4-5,10-13H2,1-3H3;1-4,9-10H,8H2. The molecule has 6 N–H and O–H groups in total. The van der Waals surface area contributed by atoms with E-state index in [9.17, 15) is 9.59 Å². The van der Waals surface area contributed by atoms with Crippen molar-refractivity contribution in [1.29, 1.82) is 0 Å². The summed E-state index contributed by atoms with van der Waals surface area (Å²) in [7, 11) is 2.91. The number of likely N-dealkylation sites (tertiary alicyclic amines) is 2. The van der Waals surface area contributed by atoms with Gasteiger partial charge in [0.1, 0.15) is 0 Å². The highest BCUT2D eigenvalue weighted by atomic mass is 79.9. The average molecular weight is 880 g/mol. The maximum Gasteiger partial charge on any atom is 0.488 e. The van der Waals surface area contributed by atoms with Crippen LogP contribution in [0.4, 0.5) is 11.4 Å². The van der Waals surface area contributed by atoms with Gasteiger partial charge in [0.05, 0.1) is 0 Å². The van der Waals surface area contributed by atoms with Crippen LogP contribution in [-0.2, 0) is 0 Å². The van der Waals surface area contributed by atoms with Crippen LogP contribution in [-0.4, -0.2) is 115 Å². The van der Waals surface area contributed by atoms with Gasteiger partial charge >= 0.3 is 7.12 Å². The molecule has 10 nitrogen and oxygen atoms in total. The minimum Gasteiger partial charge on any atom is -0.423 e. The Bertz CT molecular complexity index is 2040. The van der Waals surface area contributed by atoms with Crippen molar-refractivity contribution >= 4 is 61.8 Å². The second kappa shape index (κ2) is 23.9. The van der Waals surface area contributed by atoms with Crippen LogP contribution in [0.1, 0.15) is 90.8 Å². The van der Waals surface area contributed by atoms with Gasteiger partial charge in [-0.3, -0.25) is 9.59 Å². The summed E-state index contributed by atoms with van der Waals surface area (Å²) in [4.78, 5) is 33.4. The second-order valence-electron chi connectivity index (χ2n) is 15.3. The summed E-state index contributed by atoms with van der Waals surface area (Å²) in [5.74, 6) is 0.202. The number of nitrogens with zero attached hydrogens (tertiary/aromatic N) is 4. The van der Waals surface area contributed by atoms with Crippen LogP contribution in [0.25, 0.3) is 10.1 Å². The Labute approximate surface area is 366 Å². The lowest BCUT2D eigenvalue weighted by Crippen LogP contribution is -2.30. The third-order valence-corrected chi connectivity index (χ3v) is 12.2. The number of carbonyl (C=O) groups excluding carboxylic acids is 2. The number of piperidine rings is 2. The van der Waals surface area contributed by atoms with Crippen LogP contribution in [0.15, 0.2) is 108 Å². The zero-order valence-corrected chi connectivity index (χ0v) is 37.9. The highest BCUT2D eigenvalue weighted by Gasteiger charge is 2.20. The van der Waals surface area contributed by atoms with E-state index in [2.05, 4.69) is 64.1 Å². The molecule has 0 unspecified atom stereocenters. The summed E-state index contributed by atoms with van der Waals surface area (Å²) in [5.41, 5.74) is 22.4. The van der Waals surface area contributed by atoms with Gasteiger partial charge in [-0.25, -0.2) is 0 Å². The highest BCUT2D eigenvalue weighted by Crippen LogP contribution is 2.34. The van der Waals surface area contributed by atoms with Crippen molar-refractivity contribution in [2.24, 2.45) is 0 Å². The van der Waals surface area contributed by atoms with E-state index in [0.717, 1.165) is 112 Å². The smallest absolute Gasteiger partial charge is 0.423 e. The average Bonchev–Trinajstić information content (AvgIpc) is 3.26. The van der Waals surface area contributed by atoms with Gasteiger partial charge < -0.3 is 41.1 Å². The first-order chi connectivity index (χ1) is 28.8. The number of hydrogen-bond donors (Lipinski definition) is 4. The summed E-state index contributed by atoms with van der Waals surface area (Å²) >= 11 is 3.75. The molecule has 2 aliphatic rings. The molecule has 4 aromatic rings. The number of carbonyl (C=O) groups is 2. The fraction of sp³-hybridized carbons (Fsp3) is 0.375. The number of halogens is 1. The van der Waals surface area contributed by atoms with E-state index in [1.54, 1.807) is 18.2 Å². The lowest BCUT2D eigenvalue weighted by atomic mass is 9.80. The van der Waals surface area contributed by atoms with Crippen LogP contribution in [0, 0.1) is 0 Å². The molecule has 2 heterocycles. The number of nitrogen functional groups attached to an aromatic ring is 2. The maximum atomic E-state index is 12.6. The molecule has 2 amide bonds. The predicted octanol–water partition coefficient (Wildman–Crippen LogP) is 7.23. The molecule has 60 heavy (non-hydrogen) atoms. The largest absolute Gasteiger partial charge is 0.488 e. The van der Waals surface area contributed by atoms with Crippen LogP contribution in [0.5, 0.6) is 0 Å². The Hall–Kier alpha value is -4.72. The molecule has 12 heteroatoms. The second-order valence-corrected chi connectivity index (χ2v) is 16.1. The fourth-order valence-corrected chi connectivity index (χ4v) is 8.03. The molecule has 0 aliphatic carbocycles. The monoisotopic (exact) mass is 878 g/mol. The summed E-state index contributed by atoms with van der Waals surface area (Å²) in [6.07, 6.45) is 4.33. The Morgan fingerprint density at radius 3 is 1.38 bits per heavy atom. The fourth-order valence-electron chi connectivity index (χ4n) is 7.36. The number of anilines is 2. The third-order valence-electron chi connectivity index (χ3n) is 11.1. The van der Waals surface area contributed by atoms with E-state index in [4.69, 9.17) is 21.5 Å². The molecule has 320 valence electrons. The normalized spacial score (nSPS) is 14.2. The zero-order valence-electron chi connectivity index (χ0n) is 36.3. The van der Waals surface area contributed by atoms with E-state index in [1.165, 1.54) is 27.3 Å². The van der Waals surface area contributed by atoms with Crippen molar-refractivity contribution in [3.8, 4) is 0 Å². The molecule has 2 fully saturated rings. The van der Waals surface area contributed by atoms with E-state index in [0.29, 0.717) is 11.2 Å². The molecule has 0 spiro atoms. The van der Waals surface area contributed by atoms with Crippen molar-refractivity contribution in [2.45, 2.75) is 53.4 Å². The van der Waals surface area contributed by atoms with Gasteiger partial charge in [-0.1, -0.05) is 75.6 Å². The third kappa shape index (κ3) is 13.7. The lowest BCUT2D eigenvalue weighted by Gasteiger charge is -2.27. The van der Waals surface area contributed by atoms with E-state index in [1.807, 2.05) is 86.0 Å². The summed E-state index contributed by atoms with van der Waals surface area (Å²) in [6.45, 7) is 15.4. The first kappa shape index (κ1) is 48.0. The van der Waals surface area contributed by atoms with Crippen molar-refractivity contribution in [3.05, 3.63) is 136 Å². The Morgan fingerprint density at radius 1 is 0.583 bits per heavy atom. The number of benzene rings is 4. The number of rotatable bonds is 10. The molecule has 2 aliphatic heterocycles. The number of amides is 2. The van der Waals surface area contributed by atoms with E-state index < -0.39 is 7.12 Å². The molecule has 4 aromatic carbocycles. The summed E-state index contributed by atoms with van der Waals surface area (Å²) in [5, 5.41) is 17.3. The van der Waals surface area contributed by atoms with Crippen LogP contribution in [0.3, 0.4) is 0 Å². The van der Waals surface area contributed by atoms with Gasteiger partial charge in [-0.05, 0) is 144 Å². The first-order valence-electron chi connectivity index (χ1n) is 21.1. The highest BCUT2D eigenvalue weighted by molar-refractivity contribution is 9.15. The predicted molar refractivity (Wildman–Crippen MR) is 254 cm³/mol. The molecule has 0 atom stereocenters. The minimum atomic E-state index is -1.43. The number of nitrogens with two attached hydrogens (primary N) is 2.